The van der Waals surface area contributed by atoms with E-state index in [-0.39, 0.29) is 16.9 Å². The zero-order valence-corrected chi connectivity index (χ0v) is 10.1. The molecule has 0 fully saturated rings. The molecule has 88 valence electrons. The van der Waals surface area contributed by atoms with Crippen molar-refractivity contribution >= 4 is 23.3 Å². The van der Waals surface area contributed by atoms with Gasteiger partial charge in [-0.25, -0.2) is 9.97 Å². The van der Waals surface area contributed by atoms with Gasteiger partial charge in [0, 0.05) is 19.4 Å². The van der Waals surface area contributed by atoms with Crippen molar-refractivity contribution in [2.24, 2.45) is 7.05 Å². The van der Waals surface area contributed by atoms with Crippen molar-refractivity contribution in [2.45, 2.75) is 6.92 Å². The minimum Gasteiger partial charge on any atom is -0.303 e. The lowest BCUT2D eigenvalue weighted by Gasteiger charge is -2.04. The van der Waals surface area contributed by atoms with Gasteiger partial charge in [0.2, 0.25) is 0 Å². The van der Waals surface area contributed by atoms with Gasteiger partial charge in [-0.3, -0.25) is 9.48 Å². The van der Waals surface area contributed by atoms with Crippen LogP contribution in [0, 0.1) is 6.92 Å². The van der Waals surface area contributed by atoms with Gasteiger partial charge in [-0.1, -0.05) is 11.6 Å². The predicted octanol–water partition coefficient (Wildman–Crippen LogP) is 1.42. The highest BCUT2D eigenvalue weighted by molar-refractivity contribution is 6.32. The molecule has 0 bridgehead atoms. The minimum absolute atomic E-state index is 0.153. The molecule has 0 spiro atoms. The molecule has 1 amide bonds. The number of anilines is 1. The summed E-state index contributed by atoms with van der Waals surface area (Å²) in [5.41, 5.74) is 1.20. The van der Waals surface area contributed by atoms with E-state index in [2.05, 4.69) is 20.4 Å². The maximum absolute atomic E-state index is 11.9. The Hall–Kier alpha value is -1.95. The Kier molecular flexibility index (Phi) is 3.06. The summed E-state index contributed by atoms with van der Waals surface area (Å²) in [5, 5.41) is 6.81. The standard InChI is InChI=1S/C10H10ClN5O/c1-6-5-7(16(2)15-6)10(17)14-9-8(11)12-3-4-13-9/h3-5H,1-2H3,(H,13,14,17). The number of carbonyl (C=O) groups is 1. The highest BCUT2D eigenvalue weighted by Crippen LogP contribution is 2.15. The van der Waals surface area contributed by atoms with Crippen molar-refractivity contribution in [3.8, 4) is 0 Å². The number of nitrogens with one attached hydrogen (secondary N) is 1. The van der Waals surface area contributed by atoms with Crippen LogP contribution in [0.3, 0.4) is 0 Å². The summed E-state index contributed by atoms with van der Waals surface area (Å²) in [7, 11) is 1.69. The van der Waals surface area contributed by atoms with Crippen molar-refractivity contribution < 1.29 is 4.79 Å². The molecule has 17 heavy (non-hydrogen) atoms. The first-order valence-electron chi connectivity index (χ1n) is 4.86. The summed E-state index contributed by atoms with van der Waals surface area (Å²) in [4.78, 5) is 19.6. The third-order valence-electron chi connectivity index (χ3n) is 2.12. The molecule has 0 radical (unpaired) electrons. The molecule has 6 nitrogen and oxygen atoms in total. The number of halogens is 1. The van der Waals surface area contributed by atoms with Gasteiger partial charge in [-0.2, -0.15) is 5.10 Å². The second-order valence-corrected chi connectivity index (χ2v) is 3.80. The van der Waals surface area contributed by atoms with E-state index in [4.69, 9.17) is 11.6 Å². The normalized spacial score (nSPS) is 10.3. The van der Waals surface area contributed by atoms with E-state index < -0.39 is 0 Å². The summed E-state index contributed by atoms with van der Waals surface area (Å²) < 4.78 is 1.49. The largest absolute Gasteiger partial charge is 0.303 e. The molecule has 0 unspecified atom stereocenters. The maximum Gasteiger partial charge on any atom is 0.275 e. The van der Waals surface area contributed by atoms with E-state index in [9.17, 15) is 4.79 Å². The van der Waals surface area contributed by atoms with Crippen LogP contribution in [-0.4, -0.2) is 25.7 Å². The van der Waals surface area contributed by atoms with E-state index in [1.54, 1.807) is 13.1 Å². The van der Waals surface area contributed by atoms with E-state index in [1.165, 1.54) is 17.1 Å². The fraction of sp³-hybridized carbons (Fsp3) is 0.200. The molecule has 0 aliphatic rings. The van der Waals surface area contributed by atoms with Crippen LogP contribution in [0.4, 0.5) is 5.82 Å². The monoisotopic (exact) mass is 251 g/mol. The van der Waals surface area contributed by atoms with E-state index >= 15 is 0 Å². The van der Waals surface area contributed by atoms with Gasteiger partial charge in [0.15, 0.2) is 11.0 Å². The Labute approximate surface area is 103 Å². The molecule has 0 saturated heterocycles. The third-order valence-corrected chi connectivity index (χ3v) is 2.40. The summed E-state index contributed by atoms with van der Waals surface area (Å²) in [6, 6.07) is 1.68. The first kappa shape index (κ1) is 11.5. The lowest BCUT2D eigenvalue weighted by atomic mass is 10.3. The average molecular weight is 252 g/mol. The van der Waals surface area contributed by atoms with Crippen LogP contribution < -0.4 is 5.32 Å². The van der Waals surface area contributed by atoms with Gasteiger partial charge in [0.05, 0.1) is 5.69 Å². The number of aromatic nitrogens is 4. The molecule has 1 N–H and O–H groups in total. The summed E-state index contributed by atoms with van der Waals surface area (Å²) in [6.07, 6.45) is 2.90. The first-order valence-corrected chi connectivity index (χ1v) is 5.24. The molecule has 0 aliphatic carbocycles. The smallest absolute Gasteiger partial charge is 0.275 e. The van der Waals surface area contributed by atoms with Gasteiger partial charge >= 0.3 is 0 Å². The average Bonchev–Trinajstić information content (AvgIpc) is 2.61. The molecule has 7 heteroatoms. The number of carbonyl (C=O) groups excluding carboxylic acids is 1. The number of aryl methyl sites for hydroxylation is 2. The van der Waals surface area contributed by atoms with Crippen molar-refractivity contribution in [1.82, 2.24) is 19.7 Å². The number of rotatable bonds is 2. The van der Waals surface area contributed by atoms with Gasteiger partial charge in [0.25, 0.3) is 5.91 Å². The Morgan fingerprint density at radius 2 is 2.12 bits per heavy atom. The van der Waals surface area contributed by atoms with Crippen LogP contribution in [-0.2, 0) is 7.05 Å². The number of hydrogen-bond donors (Lipinski definition) is 1. The van der Waals surface area contributed by atoms with Crippen LogP contribution in [0.5, 0.6) is 0 Å². The highest BCUT2D eigenvalue weighted by atomic mass is 35.5. The summed E-state index contributed by atoms with van der Waals surface area (Å²) in [6.45, 7) is 1.81. The maximum atomic E-state index is 11.9. The summed E-state index contributed by atoms with van der Waals surface area (Å²) in [5.74, 6) is -0.0893. The molecule has 0 aromatic carbocycles. The van der Waals surface area contributed by atoms with Gasteiger partial charge in [-0.05, 0) is 13.0 Å². The topological polar surface area (TPSA) is 72.7 Å². The zero-order valence-electron chi connectivity index (χ0n) is 9.31. The van der Waals surface area contributed by atoms with Gasteiger partial charge < -0.3 is 5.32 Å². The highest BCUT2D eigenvalue weighted by Gasteiger charge is 2.14. The van der Waals surface area contributed by atoms with Crippen LogP contribution >= 0.6 is 11.6 Å². The predicted molar refractivity (Wildman–Crippen MR) is 62.9 cm³/mol. The van der Waals surface area contributed by atoms with Crippen LogP contribution in [0.2, 0.25) is 5.15 Å². The molecule has 2 heterocycles. The minimum atomic E-state index is -0.324. The molecule has 0 aliphatic heterocycles. The Balaban J connectivity index is 2.23. The van der Waals surface area contributed by atoms with Crippen LogP contribution in [0.15, 0.2) is 18.5 Å². The molecule has 0 atom stereocenters. The quantitative estimate of drug-likeness (QED) is 0.876. The molecule has 2 rings (SSSR count). The van der Waals surface area contributed by atoms with Crippen molar-refractivity contribution in [3.63, 3.8) is 0 Å². The number of amides is 1. The van der Waals surface area contributed by atoms with Crippen molar-refractivity contribution in [1.29, 1.82) is 0 Å². The van der Waals surface area contributed by atoms with E-state index in [1.807, 2.05) is 6.92 Å². The Morgan fingerprint density at radius 1 is 1.41 bits per heavy atom. The fourth-order valence-corrected chi connectivity index (χ4v) is 1.55. The molecule has 2 aromatic heterocycles. The van der Waals surface area contributed by atoms with Gasteiger partial charge in [0.1, 0.15) is 5.69 Å². The second kappa shape index (κ2) is 4.50. The van der Waals surface area contributed by atoms with E-state index in [0.29, 0.717) is 5.69 Å². The van der Waals surface area contributed by atoms with E-state index in [0.717, 1.165) is 5.69 Å². The third kappa shape index (κ3) is 2.42. The molecule has 2 aromatic rings. The van der Waals surface area contributed by atoms with Crippen molar-refractivity contribution in [3.05, 3.63) is 35.0 Å². The second-order valence-electron chi connectivity index (χ2n) is 3.44. The summed E-state index contributed by atoms with van der Waals surface area (Å²) >= 11 is 5.79. The van der Waals surface area contributed by atoms with Crippen LogP contribution in [0.25, 0.3) is 0 Å². The molecular formula is C10H10ClN5O. The lowest BCUT2D eigenvalue weighted by Crippen LogP contribution is -2.17. The van der Waals surface area contributed by atoms with Gasteiger partial charge in [-0.15, -0.1) is 0 Å². The fourth-order valence-electron chi connectivity index (χ4n) is 1.40. The zero-order chi connectivity index (χ0) is 12.4. The first-order chi connectivity index (χ1) is 8.08. The molecule has 0 saturated carbocycles. The van der Waals surface area contributed by atoms with Crippen LogP contribution in [0.1, 0.15) is 16.2 Å². The SMILES string of the molecule is Cc1cc(C(=O)Nc2nccnc2Cl)n(C)n1. The Morgan fingerprint density at radius 3 is 2.71 bits per heavy atom. The lowest BCUT2D eigenvalue weighted by molar-refractivity contribution is 0.101. The Bertz CT molecular complexity index is 566. The van der Waals surface area contributed by atoms with Crippen molar-refractivity contribution in [2.75, 3.05) is 5.32 Å². The molecular weight excluding hydrogens is 242 g/mol. The number of nitrogens with zero attached hydrogens (tertiary/aromatic N) is 4. The number of hydrogen-bond acceptors (Lipinski definition) is 4.